The van der Waals surface area contributed by atoms with Crippen LogP contribution in [0.1, 0.15) is 38.3 Å². The highest BCUT2D eigenvalue weighted by molar-refractivity contribution is 6.02. The van der Waals surface area contributed by atoms with Crippen LogP contribution in [-0.2, 0) is 11.2 Å². The van der Waals surface area contributed by atoms with Crippen molar-refractivity contribution in [3.63, 3.8) is 0 Å². The maximum Gasteiger partial charge on any atom is 0.228 e. The summed E-state index contributed by atoms with van der Waals surface area (Å²) in [6.07, 6.45) is 2.96. The molecule has 0 saturated heterocycles. The standard InChI is InChI=1S/C29H31N3O/c1-21(2)31-20-22(3)18-28(30-4)26-14-16-27(17-15-26)32-29(33)19-23-10-12-25(13-11-23)24-8-6-5-7-9-24/h5-17,20H,18-19H2,1-4H3,(H,32,33)/b22-20+,30-28?. The molecule has 0 aromatic heterocycles. The van der Waals surface area contributed by atoms with E-state index >= 15 is 0 Å². The Morgan fingerprint density at radius 2 is 1.48 bits per heavy atom. The first-order valence-electron chi connectivity index (χ1n) is 11.1. The third kappa shape index (κ3) is 7.39. The van der Waals surface area contributed by atoms with Crippen LogP contribution in [0.2, 0.25) is 0 Å². The molecule has 0 saturated carbocycles. The number of carbonyl (C=O) groups is 1. The van der Waals surface area contributed by atoms with Gasteiger partial charge in [0.1, 0.15) is 0 Å². The molecule has 168 valence electrons. The van der Waals surface area contributed by atoms with E-state index in [1.54, 1.807) is 7.05 Å². The molecule has 0 aliphatic carbocycles. The lowest BCUT2D eigenvalue weighted by Crippen LogP contribution is -2.14. The van der Waals surface area contributed by atoms with Crippen LogP contribution < -0.4 is 5.32 Å². The van der Waals surface area contributed by atoms with Gasteiger partial charge < -0.3 is 5.32 Å². The number of nitrogens with one attached hydrogen (secondary N) is 1. The van der Waals surface area contributed by atoms with Crippen molar-refractivity contribution in [3.8, 4) is 11.1 Å². The second kappa shape index (κ2) is 11.7. The number of rotatable bonds is 8. The highest BCUT2D eigenvalue weighted by atomic mass is 16.1. The lowest BCUT2D eigenvalue weighted by Gasteiger charge is -2.09. The van der Waals surface area contributed by atoms with E-state index in [4.69, 9.17) is 0 Å². The molecule has 3 rings (SSSR count). The van der Waals surface area contributed by atoms with Gasteiger partial charge in [-0.05, 0) is 60.7 Å². The average molecular weight is 438 g/mol. The van der Waals surface area contributed by atoms with Gasteiger partial charge >= 0.3 is 0 Å². The number of aliphatic imine (C=N–C) groups is 2. The molecule has 0 atom stereocenters. The largest absolute Gasteiger partial charge is 0.326 e. The minimum absolute atomic E-state index is 0.0360. The van der Waals surface area contributed by atoms with Crippen LogP contribution in [0.3, 0.4) is 0 Å². The van der Waals surface area contributed by atoms with Crippen molar-refractivity contribution in [2.24, 2.45) is 9.98 Å². The molecule has 0 radical (unpaired) electrons. The smallest absolute Gasteiger partial charge is 0.228 e. The molecule has 0 unspecified atom stereocenters. The first-order chi connectivity index (χ1) is 15.9. The monoisotopic (exact) mass is 437 g/mol. The maximum atomic E-state index is 12.5. The molecule has 0 spiro atoms. The van der Waals surface area contributed by atoms with Crippen molar-refractivity contribution in [2.45, 2.75) is 33.6 Å². The Kier molecular flexibility index (Phi) is 8.48. The van der Waals surface area contributed by atoms with Crippen molar-refractivity contribution in [2.75, 3.05) is 12.4 Å². The van der Waals surface area contributed by atoms with Crippen molar-refractivity contribution in [1.29, 1.82) is 0 Å². The lowest BCUT2D eigenvalue weighted by atomic mass is 10.0. The predicted octanol–water partition coefficient (Wildman–Crippen LogP) is 6.73. The fourth-order valence-electron chi connectivity index (χ4n) is 3.44. The molecule has 4 heteroatoms. The number of hydrogen-bond acceptors (Lipinski definition) is 3. The summed E-state index contributed by atoms with van der Waals surface area (Å²) in [5, 5.41) is 2.99. The highest BCUT2D eigenvalue weighted by Gasteiger charge is 2.08. The zero-order valence-electron chi connectivity index (χ0n) is 19.8. The van der Waals surface area contributed by atoms with Gasteiger partial charge in [0.2, 0.25) is 5.91 Å². The summed E-state index contributed by atoms with van der Waals surface area (Å²) < 4.78 is 0. The van der Waals surface area contributed by atoms with Gasteiger partial charge in [-0.25, -0.2) is 0 Å². The van der Waals surface area contributed by atoms with Crippen LogP contribution in [0.15, 0.2) is 101 Å². The molecule has 33 heavy (non-hydrogen) atoms. The first-order valence-corrected chi connectivity index (χ1v) is 11.1. The maximum absolute atomic E-state index is 12.5. The summed E-state index contributed by atoms with van der Waals surface area (Å²) in [5.74, 6) is -0.0360. The molecule has 0 heterocycles. The Morgan fingerprint density at radius 1 is 0.848 bits per heavy atom. The molecule has 1 amide bonds. The second-order valence-corrected chi connectivity index (χ2v) is 8.26. The predicted molar refractivity (Wildman–Crippen MR) is 140 cm³/mol. The normalized spacial score (nSPS) is 11.8. The van der Waals surface area contributed by atoms with Crippen LogP contribution in [0, 0.1) is 0 Å². The van der Waals surface area contributed by atoms with Crippen LogP contribution in [0.5, 0.6) is 0 Å². The Hall–Kier alpha value is -3.79. The van der Waals surface area contributed by atoms with E-state index in [0.29, 0.717) is 6.42 Å². The van der Waals surface area contributed by atoms with Crippen molar-refractivity contribution >= 4 is 23.0 Å². The summed E-state index contributed by atoms with van der Waals surface area (Å²) in [4.78, 5) is 21.3. The van der Waals surface area contributed by atoms with Gasteiger partial charge in [0.15, 0.2) is 0 Å². The fourth-order valence-corrected chi connectivity index (χ4v) is 3.44. The van der Waals surface area contributed by atoms with Gasteiger partial charge in [-0.2, -0.15) is 0 Å². The van der Waals surface area contributed by atoms with Crippen LogP contribution in [-0.4, -0.2) is 24.4 Å². The van der Waals surface area contributed by atoms with Crippen LogP contribution in [0.25, 0.3) is 11.1 Å². The molecule has 0 bridgehead atoms. The van der Waals surface area contributed by atoms with E-state index in [1.165, 1.54) is 5.56 Å². The van der Waals surface area contributed by atoms with Gasteiger partial charge in [0, 0.05) is 36.8 Å². The Labute approximate surface area is 196 Å². The Balaban J connectivity index is 1.58. The molecule has 3 aromatic rings. The molecule has 0 aliphatic rings. The number of allylic oxidation sites excluding steroid dienone is 1. The van der Waals surface area contributed by atoms with E-state index in [2.05, 4.69) is 46.5 Å². The van der Waals surface area contributed by atoms with Crippen molar-refractivity contribution in [1.82, 2.24) is 0 Å². The van der Waals surface area contributed by atoms with E-state index in [0.717, 1.165) is 45.8 Å². The zero-order valence-corrected chi connectivity index (χ0v) is 19.8. The number of nitrogens with zero attached hydrogens (tertiary/aromatic N) is 2. The third-order valence-corrected chi connectivity index (χ3v) is 5.19. The van der Waals surface area contributed by atoms with Crippen molar-refractivity contribution < 1.29 is 4.79 Å². The first kappa shape index (κ1) is 23.9. The number of amides is 1. The molecule has 3 aromatic carbocycles. The lowest BCUT2D eigenvalue weighted by molar-refractivity contribution is -0.115. The topological polar surface area (TPSA) is 53.8 Å². The summed E-state index contributed by atoms with van der Waals surface area (Å²) in [6.45, 7) is 6.01. The molecule has 0 fully saturated rings. The molecule has 4 nitrogen and oxygen atoms in total. The van der Waals surface area contributed by atoms with Gasteiger partial charge in [-0.15, -0.1) is 0 Å². The minimum Gasteiger partial charge on any atom is -0.326 e. The van der Waals surface area contributed by atoms with Gasteiger partial charge in [0.05, 0.1) is 6.42 Å². The Bertz CT molecular complexity index is 1150. The summed E-state index contributed by atoms with van der Waals surface area (Å²) in [7, 11) is 1.80. The van der Waals surface area contributed by atoms with Gasteiger partial charge in [0.25, 0.3) is 0 Å². The SMILES string of the molecule is CN=C(C/C(C)=C/N=C(C)C)c1ccc(NC(=O)Cc2ccc(-c3ccccc3)cc2)cc1. The van der Waals surface area contributed by atoms with Crippen LogP contribution >= 0.6 is 0 Å². The minimum atomic E-state index is -0.0360. The number of carbonyl (C=O) groups excluding carboxylic acids is 1. The van der Waals surface area contributed by atoms with Gasteiger partial charge in [-0.1, -0.05) is 66.7 Å². The van der Waals surface area contributed by atoms with E-state index in [9.17, 15) is 4.79 Å². The van der Waals surface area contributed by atoms with E-state index < -0.39 is 0 Å². The molecular formula is C29H31N3O. The molecule has 0 aliphatic heterocycles. The second-order valence-electron chi connectivity index (χ2n) is 8.26. The average Bonchev–Trinajstić information content (AvgIpc) is 2.83. The third-order valence-electron chi connectivity index (χ3n) is 5.19. The molecular weight excluding hydrogens is 406 g/mol. The van der Waals surface area contributed by atoms with Gasteiger partial charge in [-0.3, -0.25) is 14.8 Å². The fraction of sp³-hybridized carbons (Fsp3) is 0.207. The van der Waals surface area contributed by atoms with E-state index in [-0.39, 0.29) is 5.91 Å². The summed E-state index contributed by atoms with van der Waals surface area (Å²) >= 11 is 0. The number of benzene rings is 3. The van der Waals surface area contributed by atoms with Crippen LogP contribution in [0.4, 0.5) is 5.69 Å². The van der Waals surface area contributed by atoms with E-state index in [1.807, 2.05) is 74.6 Å². The summed E-state index contributed by atoms with van der Waals surface area (Å²) in [6, 6.07) is 26.2. The number of anilines is 1. The zero-order chi connectivity index (χ0) is 23.6. The highest BCUT2D eigenvalue weighted by Crippen LogP contribution is 2.20. The quantitative estimate of drug-likeness (QED) is 0.390. The Morgan fingerprint density at radius 3 is 2.09 bits per heavy atom. The number of hydrogen-bond donors (Lipinski definition) is 1. The molecule has 1 N–H and O–H groups in total. The van der Waals surface area contributed by atoms with Crippen molar-refractivity contribution in [3.05, 3.63) is 102 Å². The summed E-state index contributed by atoms with van der Waals surface area (Å²) in [5.41, 5.74) is 8.27.